The number of anilines is 2. The Hall–Kier alpha value is -3.78. The predicted molar refractivity (Wildman–Crippen MR) is 113 cm³/mol. The molecule has 8 heteroatoms. The molecule has 0 saturated heterocycles. The van der Waals surface area contributed by atoms with Gasteiger partial charge in [0, 0.05) is 5.56 Å². The van der Waals surface area contributed by atoms with Gasteiger partial charge in [-0.3, -0.25) is 9.59 Å². The van der Waals surface area contributed by atoms with Crippen LogP contribution in [0.4, 0.5) is 11.4 Å². The van der Waals surface area contributed by atoms with Gasteiger partial charge in [-0.15, -0.1) is 5.10 Å². The zero-order chi connectivity index (χ0) is 20.2. The van der Waals surface area contributed by atoms with Crippen LogP contribution >= 0.6 is 11.3 Å². The predicted octanol–water partition coefficient (Wildman–Crippen LogP) is 3.72. The van der Waals surface area contributed by atoms with Gasteiger partial charge in [0.25, 0.3) is 5.91 Å². The van der Waals surface area contributed by atoms with Gasteiger partial charge >= 0.3 is 0 Å². The number of hydrogen-bond donors (Lipinski definition) is 2. The summed E-state index contributed by atoms with van der Waals surface area (Å²) in [5.74, 6) is -0.562. The molecule has 2 aromatic heterocycles. The third-order valence-corrected chi connectivity index (χ3v) is 5.01. The van der Waals surface area contributed by atoms with Crippen molar-refractivity contribution in [1.29, 1.82) is 0 Å². The van der Waals surface area contributed by atoms with Gasteiger partial charge in [-0.05, 0) is 40.1 Å². The lowest BCUT2D eigenvalue weighted by Crippen LogP contribution is -2.14. The summed E-state index contributed by atoms with van der Waals surface area (Å²) in [6.07, 6.45) is 1.44. The van der Waals surface area contributed by atoms with Gasteiger partial charge in [-0.2, -0.15) is 11.3 Å². The molecule has 0 bridgehead atoms. The highest BCUT2D eigenvalue weighted by Gasteiger charge is 2.15. The van der Waals surface area contributed by atoms with Gasteiger partial charge in [0.15, 0.2) is 11.5 Å². The fourth-order valence-electron chi connectivity index (χ4n) is 2.80. The number of nitrogens with zero attached hydrogens (tertiary/aromatic N) is 3. The number of carbonyl (C=O) groups is 2. The molecule has 0 spiro atoms. The normalized spacial score (nSPS) is 10.6. The maximum atomic E-state index is 12.6. The van der Waals surface area contributed by atoms with Crippen LogP contribution < -0.4 is 11.1 Å². The second-order valence-corrected chi connectivity index (χ2v) is 7.14. The molecule has 4 rings (SSSR count). The van der Waals surface area contributed by atoms with Gasteiger partial charge in [-0.25, -0.2) is 4.68 Å². The highest BCUT2D eigenvalue weighted by Crippen LogP contribution is 2.28. The average Bonchev–Trinajstić information content (AvgIpc) is 3.42. The van der Waals surface area contributed by atoms with E-state index in [9.17, 15) is 9.59 Å². The van der Waals surface area contributed by atoms with Crippen LogP contribution in [0.15, 0.2) is 71.6 Å². The molecule has 7 nitrogen and oxygen atoms in total. The van der Waals surface area contributed by atoms with Crippen molar-refractivity contribution in [1.82, 2.24) is 15.0 Å². The topological polar surface area (TPSA) is 103 Å². The highest BCUT2D eigenvalue weighted by molar-refractivity contribution is 7.08. The number of carbonyl (C=O) groups excluding carboxylic acids is 2. The van der Waals surface area contributed by atoms with E-state index in [1.807, 2.05) is 35.0 Å². The number of rotatable bonds is 6. The second-order valence-electron chi connectivity index (χ2n) is 6.36. The molecule has 4 aromatic rings. The van der Waals surface area contributed by atoms with Crippen molar-refractivity contribution < 1.29 is 9.59 Å². The summed E-state index contributed by atoms with van der Waals surface area (Å²) < 4.78 is 1.34. The molecule has 2 heterocycles. The summed E-state index contributed by atoms with van der Waals surface area (Å²) in [4.78, 5) is 24.8. The fraction of sp³-hybridized carbons (Fsp3) is 0.0476. The highest BCUT2D eigenvalue weighted by atomic mass is 32.1. The molecular weight excluding hydrogens is 386 g/mol. The first-order chi connectivity index (χ1) is 14.1. The Balaban J connectivity index is 1.47. The summed E-state index contributed by atoms with van der Waals surface area (Å²) in [5.41, 5.74) is 9.63. The fourth-order valence-corrected chi connectivity index (χ4v) is 3.47. The maximum Gasteiger partial charge on any atom is 0.277 e. The van der Waals surface area contributed by atoms with E-state index in [4.69, 9.17) is 5.73 Å². The number of thiophene rings is 1. The number of hydrogen-bond acceptors (Lipinski definition) is 6. The molecule has 1 amide bonds. The van der Waals surface area contributed by atoms with E-state index in [0.717, 1.165) is 11.1 Å². The summed E-state index contributed by atoms with van der Waals surface area (Å²) in [6, 6.07) is 16.4. The van der Waals surface area contributed by atoms with Crippen molar-refractivity contribution in [3.8, 4) is 11.1 Å². The number of aromatic nitrogens is 3. The van der Waals surface area contributed by atoms with E-state index in [2.05, 4.69) is 15.6 Å². The largest absolute Gasteiger partial charge is 0.397 e. The lowest BCUT2D eigenvalue weighted by Gasteiger charge is -2.09. The van der Waals surface area contributed by atoms with Crippen LogP contribution in [0, 0.1) is 0 Å². The van der Waals surface area contributed by atoms with Crippen LogP contribution in [0.1, 0.15) is 20.8 Å². The second kappa shape index (κ2) is 8.07. The number of nitrogens with two attached hydrogens (primary N) is 1. The van der Waals surface area contributed by atoms with Crippen molar-refractivity contribution in [3.05, 3.63) is 82.8 Å². The van der Waals surface area contributed by atoms with Crippen molar-refractivity contribution in [3.63, 3.8) is 0 Å². The first-order valence-electron chi connectivity index (χ1n) is 8.82. The standard InChI is InChI=1S/C21H17N5O2S/c22-17-7-6-15(16-8-9-29-13-16)10-18(17)23-21(28)19-11-26(25-24-19)12-20(27)14-4-2-1-3-5-14/h1-11,13H,12,22H2,(H,23,28). The van der Waals surface area contributed by atoms with E-state index >= 15 is 0 Å². The molecule has 0 saturated carbocycles. The van der Waals surface area contributed by atoms with E-state index in [-0.39, 0.29) is 18.0 Å². The van der Waals surface area contributed by atoms with Gasteiger partial charge < -0.3 is 11.1 Å². The Morgan fingerprint density at radius 1 is 1.07 bits per heavy atom. The molecule has 144 valence electrons. The zero-order valence-corrected chi connectivity index (χ0v) is 16.1. The van der Waals surface area contributed by atoms with Gasteiger partial charge in [0.2, 0.25) is 0 Å². The van der Waals surface area contributed by atoms with Crippen molar-refractivity contribution in [2.75, 3.05) is 11.1 Å². The Labute approximate surface area is 170 Å². The first-order valence-corrected chi connectivity index (χ1v) is 9.76. The Kier molecular flexibility index (Phi) is 5.17. The van der Waals surface area contributed by atoms with Crippen LogP contribution in [-0.4, -0.2) is 26.7 Å². The number of amides is 1. The Morgan fingerprint density at radius 2 is 1.90 bits per heavy atom. The zero-order valence-electron chi connectivity index (χ0n) is 15.3. The molecule has 0 fully saturated rings. The molecule has 0 unspecified atom stereocenters. The third kappa shape index (κ3) is 4.22. The average molecular weight is 403 g/mol. The van der Waals surface area contributed by atoms with E-state index in [1.54, 1.807) is 41.7 Å². The number of Topliss-reactive ketones (excluding diaryl/α,β-unsaturated/α-hetero) is 1. The van der Waals surface area contributed by atoms with Crippen LogP contribution in [0.5, 0.6) is 0 Å². The molecule has 0 radical (unpaired) electrons. The van der Waals surface area contributed by atoms with Gasteiger partial charge in [0.05, 0.1) is 17.6 Å². The van der Waals surface area contributed by atoms with Gasteiger partial charge in [0.1, 0.15) is 6.54 Å². The minimum atomic E-state index is -0.447. The van der Waals surface area contributed by atoms with Crippen molar-refractivity contribution >= 4 is 34.4 Å². The summed E-state index contributed by atoms with van der Waals surface area (Å²) in [5, 5.41) is 14.5. The smallest absolute Gasteiger partial charge is 0.277 e. The Morgan fingerprint density at radius 3 is 2.66 bits per heavy atom. The summed E-state index contributed by atoms with van der Waals surface area (Å²) in [6.45, 7) is 0.0000729. The van der Waals surface area contributed by atoms with Gasteiger partial charge in [-0.1, -0.05) is 41.6 Å². The Bertz CT molecular complexity index is 1150. The number of nitrogen functional groups attached to an aromatic ring is 1. The maximum absolute atomic E-state index is 12.6. The molecule has 3 N–H and O–H groups in total. The first kappa shape index (κ1) is 18.6. The van der Waals surface area contributed by atoms with Crippen molar-refractivity contribution in [2.24, 2.45) is 0 Å². The third-order valence-electron chi connectivity index (χ3n) is 4.33. The molecule has 0 atom stereocenters. The molecule has 0 aliphatic rings. The number of nitrogens with one attached hydrogen (secondary N) is 1. The van der Waals surface area contributed by atoms with E-state index < -0.39 is 5.91 Å². The summed E-state index contributed by atoms with van der Waals surface area (Å²) in [7, 11) is 0. The number of ketones is 1. The number of benzene rings is 2. The lowest BCUT2D eigenvalue weighted by molar-refractivity contribution is 0.0965. The lowest BCUT2D eigenvalue weighted by atomic mass is 10.1. The van der Waals surface area contributed by atoms with Crippen LogP contribution in [0.2, 0.25) is 0 Å². The van der Waals surface area contributed by atoms with Crippen LogP contribution in [0.25, 0.3) is 11.1 Å². The minimum Gasteiger partial charge on any atom is -0.397 e. The SMILES string of the molecule is Nc1ccc(-c2ccsc2)cc1NC(=O)c1cn(CC(=O)c2ccccc2)nn1. The monoisotopic (exact) mass is 403 g/mol. The molecule has 0 aliphatic carbocycles. The van der Waals surface area contributed by atoms with Crippen LogP contribution in [-0.2, 0) is 6.54 Å². The summed E-state index contributed by atoms with van der Waals surface area (Å²) >= 11 is 1.59. The van der Waals surface area contributed by atoms with E-state index in [0.29, 0.717) is 16.9 Å². The van der Waals surface area contributed by atoms with Crippen LogP contribution in [0.3, 0.4) is 0 Å². The molecule has 2 aromatic carbocycles. The van der Waals surface area contributed by atoms with E-state index in [1.165, 1.54) is 10.9 Å². The molecule has 29 heavy (non-hydrogen) atoms. The van der Waals surface area contributed by atoms with Crippen molar-refractivity contribution in [2.45, 2.75) is 6.54 Å². The molecule has 0 aliphatic heterocycles. The quantitative estimate of drug-likeness (QED) is 0.377. The molecular formula is C21H17N5O2S. The minimum absolute atomic E-state index is 0.0000729.